The maximum absolute atomic E-state index is 11.3. The Hall–Kier alpha value is -0.830. The number of carboxylic acids is 1. The molecule has 0 aliphatic heterocycles. The number of benzene rings is 1. The van der Waals surface area contributed by atoms with Crippen LogP contribution in [0.5, 0.6) is 0 Å². The van der Waals surface area contributed by atoms with Gasteiger partial charge in [0.2, 0.25) is 0 Å². The number of hydrogen-bond acceptors (Lipinski definition) is 1. The lowest BCUT2D eigenvalue weighted by Crippen LogP contribution is -2.19. The summed E-state index contributed by atoms with van der Waals surface area (Å²) in [4.78, 5) is 11.3. The van der Waals surface area contributed by atoms with Crippen LogP contribution < -0.4 is 0 Å². The third kappa shape index (κ3) is 1.88. The first kappa shape index (κ1) is 11.6. The van der Waals surface area contributed by atoms with Crippen LogP contribution in [0.25, 0.3) is 0 Å². The second-order valence-electron chi connectivity index (χ2n) is 4.82. The van der Waals surface area contributed by atoms with Gasteiger partial charge in [-0.2, -0.15) is 0 Å². The summed E-state index contributed by atoms with van der Waals surface area (Å²) in [6.07, 6.45) is 1.52. The minimum Gasteiger partial charge on any atom is -0.481 e. The predicted octanol–water partition coefficient (Wildman–Crippen LogP) is 3.69. The Kier molecular flexibility index (Phi) is 2.82. The van der Waals surface area contributed by atoms with Crippen LogP contribution in [0.4, 0.5) is 0 Å². The van der Waals surface area contributed by atoms with Crippen LogP contribution in [-0.4, -0.2) is 11.1 Å². The van der Waals surface area contributed by atoms with E-state index in [0.29, 0.717) is 5.92 Å². The topological polar surface area (TPSA) is 37.3 Å². The molecule has 0 bridgehead atoms. The minimum atomic E-state index is -0.694. The van der Waals surface area contributed by atoms with E-state index in [0.717, 1.165) is 22.9 Å². The third-order valence-electron chi connectivity index (χ3n) is 3.30. The Morgan fingerprint density at radius 3 is 2.44 bits per heavy atom. The largest absolute Gasteiger partial charge is 0.481 e. The van der Waals surface area contributed by atoms with Gasteiger partial charge in [-0.3, -0.25) is 4.79 Å². The number of hydrogen-bond donors (Lipinski definition) is 1. The highest BCUT2D eigenvalue weighted by Crippen LogP contribution is 2.49. The molecule has 2 rings (SSSR count). The van der Waals surface area contributed by atoms with Crippen LogP contribution in [0.3, 0.4) is 0 Å². The van der Waals surface area contributed by atoms with Gasteiger partial charge in [0.05, 0.1) is 5.41 Å². The second kappa shape index (κ2) is 3.88. The highest BCUT2D eigenvalue weighted by atomic mass is 79.9. The Morgan fingerprint density at radius 1 is 1.38 bits per heavy atom. The van der Waals surface area contributed by atoms with Crippen molar-refractivity contribution in [3.8, 4) is 0 Å². The first-order chi connectivity index (χ1) is 7.45. The van der Waals surface area contributed by atoms with Crippen molar-refractivity contribution in [1.29, 1.82) is 0 Å². The summed E-state index contributed by atoms with van der Waals surface area (Å²) in [5.74, 6) is -0.277. The first-order valence-electron chi connectivity index (χ1n) is 5.50. The van der Waals surface area contributed by atoms with Crippen molar-refractivity contribution in [1.82, 2.24) is 0 Å². The molecule has 1 saturated carbocycles. The molecule has 0 atom stereocenters. The van der Waals surface area contributed by atoms with Crippen LogP contribution in [-0.2, 0) is 10.2 Å². The van der Waals surface area contributed by atoms with E-state index in [2.05, 4.69) is 35.8 Å². The molecule has 1 N–H and O–H groups in total. The maximum Gasteiger partial charge on any atom is 0.314 e. The number of carbonyl (C=O) groups is 1. The summed E-state index contributed by atoms with van der Waals surface area (Å²) < 4.78 is 0.973. The fourth-order valence-corrected chi connectivity index (χ4v) is 2.48. The van der Waals surface area contributed by atoms with Gasteiger partial charge in [-0.1, -0.05) is 35.8 Å². The van der Waals surface area contributed by atoms with Gasteiger partial charge in [-0.05, 0) is 42.0 Å². The van der Waals surface area contributed by atoms with Crippen molar-refractivity contribution >= 4 is 21.9 Å². The van der Waals surface area contributed by atoms with Crippen LogP contribution in [0.2, 0.25) is 0 Å². The van der Waals surface area contributed by atoms with Crippen molar-refractivity contribution in [3.63, 3.8) is 0 Å². The van der Waals surface area contributed by atoms with E-state index in [1.807, 2.05) is 12.1 Å². The molecule has 1 aliphatic carbocycles. The minimum absolute atomic E-state index is 0.417. The van der Waals surface area contributed by atoms with Crippen molar-refractivity contribution in [2.75, 3.05) is 0 Å². The Balaban J connectivity index is 2.46. The van der Waals surface area contributed by atoms with E-state index < -0.39 is 11.4 Å². The lowest BCUT2D eigenvalue weighted by atomic mass is 9.92. The molecule has 1 fully saturated rings. The fraction of sp³-hybridized carbons (Fsp3) is 0.462. The van der Waals surface area contributed by atoms with Crippen LogP contribution in [0.15, 0.2) is 22.7 Å². The SMILES string of the molecule is CC(C)c1cc(Br)cc(C2(C(=O)O)CC2)c1. The molecule has 1 aliphatic rings. The molecule has 0 amide bonds. The molecular formula is C13H15BrO2. The van der Waals surface area contributed by atoms with Gasteiger partial charge in [0.1, 0.15) is 0 Å². The molecule has 0 unspecified atom stereocenters. The van der Waals surface area contributed by atoms with E-state index in [4.69, 9.17) is 0 Å². The molecular weight excluding hydrogens is 268 g/mol. The zero-order valence-electron chi connectivity index (χ0n) is 9.46. The quantitative estimate of drug-likeness (QED) is 0.918. The standard InChI is InChI=1S/C13H15BrO2/c1-8(2)9-5-10(7-11(14)6-9)13(3-4-13)12(15)16/h5-8H,3-4H2,1-2H3,(H,15,16). The number of rotatable bonds is 3. The average molecular weight is 283 g/mol. The lowest BCUT2D eigenvalue weighted by Gasteiger charge is -2.14. The van der Waals surface area contributed by atoms with Gasteiger partial charge in [0.25, 0.3) is 0 Å². The first-order valence-corrected chi connectivity index (χ1v) is 6.29. The van der Waals surface area contributed by atoms with Gasteiger partial charge in [0.15, 0.2) is 0 Å². The molecule has 1 aromatic rings. The van der Waals surface area contributed by atoms with Crippen molar-refractivity contribution in [3.05, 3.63) is 33.8 Å². The van der Waals surface area contributed by atoms with Gasteiger partial charge < -0.3 is 5.11 Å². The molecule has 16 heavy (non-hydrogen) atoms. The highest BCUT2D eigenvalue weighted by Gasteiger charge is 2.51. The van der Waals surface area contributed by atoms with E-state index in [9.17, 15) is 9.90 Å². The molecule has 2 nitrogen and oxygen atoms in total. The maximum atomic E-state index is 11.3. The van der Waals surface area contributed by atoms with Crippen molar-refractivity contribution in [2.45, 2.75) is 38.0 Å². The summed E-state index contributed by atoms with van der Waals surface area (Å²) in [7, 11) is 0. The van der Waals surface area contributed by atoms with E-state index in [-0.39, 0.29) is 0 Å². The lowest BCUT2D eigenvalue weighted by molar-refractivity contribution is -0.140. The number of halogens is 1. The molecule has 0 spiro atoms. The van der Waals surface area contributed by atoms with Gasteiger partial charge in [-0.15, -0.1) is 0 Å². The smallest absolute Gasteiger partial charge is 0.314 e. The molecule has 0 radical (unpaired) electrons. The number of carboxylic acid groups (broad SMARTS) is 1. The molecule has 0 heterocycles. The summed E-state index contributed by atoms with van der Waals surface area (Å²) in [6.45, 7) is 4.23. The molecule has 0 saturated heterocycles. The monoisotopic (exact) mass is 282 g/mol. The zero-order chi connectivity index (χ0) is 11.9. The van der Waals surface area contributed by atoms with E-state index >= 15 is 0 Å². The molecule has 0 aromatic heterocycles. The Morgan fingerprint density at radius 2 is 2.00 bits per heavy atom. The van der Waals surface area contributed by atoms with Crippen molar-refractivity contribution < 1.29 is 9.90 Å². The van der Waals surface area contributed by atoms with Gasteiger partial charge >= 0.3 is 5.97 Å². The second-order valence-corrected chi connectivity index (χ2v) is 5.73. The summed E-state index contributed by atoms with van der Waals surface area (Å²) in [5, 5.41) is 9.26. The Bertz CT molecular complexity index is 434. The fourth-order valence-electron chi connectivity index (χ4n) is 1.97. The highest BCUT2D eigenvalue weighted by molar-refractivity contribution is 9.10. The summed E-state index contributed by atoms with van der Waals surface area (Å²) in [5.41, 5.74) is 1.53. The average Bonchev–Trinajstić information content (AvgIpc) is 2.97. The molecule has 86 valence electrons. The number of aliphatic carboxylic acids is 1. The summed E-state index contributed by atoms with van der Waals surface area (Å²) in [6, 6.07) is 6.04. The van der Waals surface area contributed by atoms with E-state index in [1.54, 1.807) is 0 Å². The molecule has 3 heteroatoms. The van der Waals surface area contributed by atoms with Crippen molar-refractivity contribution in [2.24, 2.45) is 0 Å². The van der Waals surface area contributed by atoms with Gasteiger partial charge in [0, 0.05) is 4.47 Å². The van der Waals surface area contributed by atoms with Crippen LogP contribution in [0.1, 0.15) is 43.7 Å². The Labute approximate surface area is 104 Å². The summed E-state index contributed by atoms with van der Waals surface area (Å²) >= 11 is 3.46. The molecule has 1 aromatic carbocycles. The third-order valence-corrected chi connectivity index (χ3v) is 3.76. The van der Waals surface area contributed by atoms with Gasteiger partial charge in [-0.25, -0.2) is 0 Å². The van der Waals surface area contributed by atoms with E-state index in [1.165, 1.54) is 5.56 Å². The zero-order valence-corrected chi connectivity index (χ0v) is 11.0. The van der Waals surface area contributed by atoms with Crippen LogP contribution >= 0.6 is 15.9 Å². The van der Waals surface area contributed by atoms with Crippen LogP contribution in [0, 0.1) is 0 Å². The predicted molar refractivity (Wildman–Crippen MR) is 66.8 cm³/mol. The normalized spacial score (nSPS) is 17.5.